The molecule has 2 unspecified atom stereocenters. The first-order valence-corrected chi connectivity index (χ1v) is 5.90. The quantitative estimate of drug-likeness (QED) is 0.871. The van der Waals surface area contributed by atoms with Gasteiger partial charge in [-0.1, -0.05) is 17.7 Å². The lowest BCUT2D eigenvalue weighted by Crippen LogP contribution is -2.03. The summed E-state index contributed by atoms with van der Waals surface area (Å²) < 4.78 is 5.41. The molecule has 2 rings (SSSR count). The molecule has 1 aliphatic rings. The van der Waals surface area contributed by atoms with Gasteiger partial charge in [0.1, 0.15) is 5.75 Å². The second-order valence-electron chi connectivity index (χ2n) is 4.92. The van der Waals surface area contributed by atoms with Crippen LogP contribution in [-0.4, -0.2) is 18.2 Å². The molecule has 0 radical (unpaired) electrons. The third-order valence-electron chi connectivity index (χ3n) is 3.42. The van der Waals surface area contributed by atoms with E-state index in [2.05, 4.69) is 19.1 Å². The van der Waals surface area contributed by atoms with Gasteiger partial charge in [0.25, 0.3) is 0 Å². The van der Waals surface area contributed by atoms with E-state index < -0.39 is 5.97 Å². The predicted octanol–water partition coefficient (Wildman–Crippen LogP) is 2.58. The van der Waals surface area contributed by atoms with Crippen LogP contribution in [0.3, 0.4) is 0 Å². The molecule has 0 aromatic heterocycles. The van der Waals surface area contributed by atoms with Gasteiger partial charge in [-0.25, -0.2) is 0 Å². The van der Waals surface area contributed by atoms with Gasteiger partial charge in [-0.3, -0.25) is 4.79 Å². The highest BCUT2D eigenvalue weighted by Crippen LogP contribution is 2.43. The Hall–Kier alpha value is -1.51. The normalized spacial score (nSPS) is 22.3. The number of aryl methyl sites for hydroxylation is 2. The van der Waals surface area contributed by atoms with Gasteiger partial charge < -0.3 is 9.84 Å². The lowest BCUT2D eigenvalue weighted by Gasteiger charge is -2.12. The number of methoxy groups -OCH3 is 1. The van der Waals surface area contributed by atoms with E-state index in [-0.39, 0.29) is 11.8 Å². The average Bonchev–Trinajstić information content (AvgIpc) is 2.96. The van der Waals surface area contributed by atoms with Gasteiger partial charge in [0.2, 0.25) is 0 Å². The standard InChI is InChI=1S/C14H18O3/c1-8-4-9(2)13(17-3)11(5-8)6-10-7-12(10)14(15)16/h4-5,10,12H,6-7H2,1-3H3,(H,15,16). The van der Waals surface area contributed by atoms with Gasteiger partial charge in [0, 0.05) is 0 Å². The molecule has 2 atom stereocenters. The number of ether oxygens (including phenoxy) is 1. The highest BCUT2D eigenvalue weighted by atomic mass is 16.5. The van der Waals surface area contributed by atoms with Crippen molar-refractivity contribution in [3.05, 3.63) is 28.8 Å². The van der Waals surface area contributed by atoms with Crippen LogP contribution in [0.25, 0.3) is 0 Å². The lowest BCUT2D eigenvalue weighted by molar-refractivity contribution is -0.138. The molecule has 0 amide bonds. The molecule has 0 aliphatic heterocycles. The molecule has 1 aliphatic carbocycles. The van der Waals surface area contributed by atoms with Crippen molar-refractivity contribution in [1.82, 2.24) is 0 Å². The molecule has 1 aromatic carbocycles. The average molecular weight is 234 g/mol. The van der Waals surface area contributed by atoms with Gasteiger partial charge in [-0.15, -0.1) is 0 Å². The molecule has 0 bridgehead atoms. The summed E-state index contributed by atoms with van der Waals surface area (Å²) in [5, 5.41) is 8.91. The van der Waals surface area contributed by atoms with Gasteiger partial charge >= 0.3 is 5.97 Å². The highest BCUT2D eigenvalue weighted by Gasteiger charge is 2.43. The SMILES string of the molecule is COc1c(C)cc(C)cc1CC1CC1C(=O)O. The molecule has 92 valence electrons. The maximum absolute atomic E-state index is 10.8. The first-order chi connectivity index (χ1) is 8.02. The van der Waals surface area contributed by atoms with Crippen LogP contribution in [0, 0.1) is 25.7 Å². The topological polar surface area (TPSA) is 46.5 Å². The third kappa shape index (κ3) is 2.43. The number of rotatable bonds is 4. The van der Waals surface area contributed by atoms with Crippen LogP contribution in [0.2, 0.25) is 0 Å². The fourth-order valence-electron chi connectivity index (χ4n) is 2.54. The Morgan fingerprint density at radius 1 is 1.47 bits per heavy atom. The monoisotopic (exact) mass is 234 g/mol. The Labute approximate surface area is 101 Å². The van der Waals surface area contributed by atoms with Gasteiger partial charge in [-0.2, -0.15) is 0 Å². The van der Waals surface area contributed by atoms with Crippen molar-refractivity contribution in [2.75, 3.05) is 7.11 Å². The van der Waals surface area contributed by atoms with Crippen molar-refractivity contribution < 1.29 is 14.6 Å². The number of aliphatic carboxylic acids is 1. The molecule has 3 heteroatoms. The Morgan fingerprint density at radius 2 is 2.18 bits per heavy atom. The Morgan fingerprint density at radius 3 is 2.71 bits per heavy atom. The molecular weight excluding hydrogens is 216 g/mol. The molecule has 17 heavy (non-hydrogen) atoms. The molecule has 1 fully saturated rings. The molecule has 0 spiro atoms. The summed E-state index contributed by atoms with van der Waals surface area (Å²) in [5.41, 5.74) is 3.46. The molecule has 1 saturated carbocycles. The van der Waals surface area contributed by atoms with Crippen molar-refractivity contribution in [3.8, 4) is 5.75 Å². The predicted molar refractivity (Wildman–Crippen MR) is 65.4 cm³/mol. The summed E-state index contributed by atoms with van der Waals surface area (Å²) in [6.07, 6.45) is 1.61. The number of hydrogen-bond acceptors (Lipinski definition) is 2. The minimum Gasteiger partial charge on any atom is -0.496 e. The fraction of sp³-hybridized carbons (Fsp3) is 0.500. The summed E-state index contributed by atoms with van der Waals surface area (Å²) >= 11 is 0. The highest BCUT2D eigenvalue weighted by molar-refractivity contribution is 5.73. The summed E-state index contributed by atoms with van der Waals surface area (Å²) in [6, 6.07) is 4.19. The molecule has 3 nitrogen and oxygen atoms in total. The largest absolute Gasteiger partial charge is 0.496 e. The summed E-state index contributed by atoms with van der Waals surface area (Å²) in [7, 11) is 1.67. The first-order valence-electron chi connectivity index (χ1n) is 5.90. The zero-order valence-corrected chi connectivity index (χ0v) is 10.5. The van der Waals surface area contributed by atoms with E-state index in [1.54, 1.807) is 7.11 Å². The van der Waals surface area contributed by atoms with E-state index in [1.807, 2.05) is 6.92 Å². The maximum Gasteiger partial charge on any atom is 0.306 e. The summed E-state index contributed by atoms with van der Waals surface area (Å²) in [5.74, 6) is 0.369. The Kier molecular flexibility index (Phi) is 3.09. The number of carboxylic acids is 1. The smallest absolute Gasteiger partial charge is 0.306 e. The van der Waals surface area contributed by atoms with Crippen molar-refractivity contribution in [1.29, 1.82) is 0 Å². The van der Waals surface area contributed by atoms with Gasteiger partial charge in [0.05, 0.1) is 13.0 Å². The molecule has 0 saturated heterocycles. The minimum absolute atomic E-state index is 0.152. The molecule has 0 heterocycles. The van der Waals surface area contributed by atoms with Crippen molar-refractivity contribution >= 4 is 5.97 Å². The second kappa shape index (κ2) is 4.40. The van der Waals surface area contributed by atoms with Crippen LogP contribution >= 0.6 is 0 Å². The third-order valence-corrected chi connectivity index (χ3v) is 3.42. The Balaban J connectivity index is 2.18. The van der Waals surface area contributed by atoms with Crippen LogP contribution in [0.15, 0.2) is 12.1 Å². The van der Waals surface area contributed by atoms with E-state index >= 15 is 0 Å². The van der Waals surface area contributed by atoms with Crippen LogP contribution < -0.4 is 4.74 Å². The van der Waals surface area contributed by atoms with Gasteiger partial charge in [-0.05, 0) is 43.7 Å². The zero-order chi connectivity index (χ0) is 12.6. The minimum atomic E-state index is -0.668. The lowest BCUT2D eigenvalue weighted by atomic mass is 10.0. The van der Waals surface area contributed by atoms with E-state index in [1.165, 1.54) is 5.56 Å². The zero-order valence-electron chi connectivity index (χ0n) is 10.5. The summed E-state index contributed by atoms with van der Waals surface area (Å²) in [4.78, 5) is 10.8. The number of carboxylic acid groups (broad SMARTS) is 1. The second-order valence-corrected chi connectivity index (χ2v) is 4.92. The number of benzene rings is 1. The maximum atomic E-state index is 10.8. The van der Waals surface area contributed by atoms with Crippen LogP contribution in [0.5, 0.6) is 5.75 Å². The van der Waals surface area contributed by atoms with E-state index in [4.69, 9.17) is 9.84 Å². The van der Waals surface area contributed by atoms with Crippen LogP contribution in [0.4, 0.5) is 0 Å². The van der Waals surface area contributed by atoms with Crippen molar-refractivity contribution in [2.24, 2.45) is 11.8 Å². The Bertz CT molecular complexity index is 451. The first kappa shape index (κ1) is 12.0. The van der Waals surface area contributed by atoms with Crippen LogP contribution in [-0.2, 0) is 11.2 Å². The van der Waals surface area contributed by atoms with Gasteiger partial charge in [0.15, 0.2) is 0 Å². The fourth-order valence-corrected chi connectivity index (χ4v) is 2.54. The molecular formula is C14H18O3. The van der Waals surface area contributed by atoms with Crippen molar-refractivity contribution in [2.45, 2.75) is 26.7 Å². The van der Waals surface area contributed by atoms with E-state index in [0.717, 1.165) is 29.7 Å². The number of carbonyl (C=O) groups is 1. The summed E-state index contributed by atoms with van der Waals surface area (Å²) in [6.45, 7) is 4.08. The molecule has 1 N–H and O–H groups in total. The molecule has 1 aromatic rings. The van der Waals surface area contributed by atoms with Crippen LogP contribution in [0.1, 0.15) is 23.1 Å². The van der Waals surface area contributed by atoms with Crippen molar-refractivity contribution in [3.63, 3.8) is 0 Å². The number of hydrogen-bond donors (Lipinski definition) is 1. The van der Waals surface area contributed by atoms with E-state index in [0.29, 0.717) is 0 Å². The van der Waals surface area contributed by atoms with E-state index in [9.17, 15) is 4.79 Å².